The summed E-state index contributed by atoms with van der Waals surface area (Å²) >= 11 is 1.41. The number of benzene rings is 1. The Morgan fingerprint density at radius 3 is 2.83 bits per heavy atom. The van der Waals surface area contributed by atoms with Crippen molar-refractivity contribution in [2.75, 3.05) is 17.3 Å². The van der Waals surface area contributed by atoms with E-state index in [4.69, 9.17) is 11.0 Å². The van der Waals surface area contributed by atoms with E-state index >= 15 is 0 Å². The molecule has 0 fully saturated rings. The Labute approximate surface area is 109 Å². The molecule has 0 amide bonds. The summed E-state index contributed by atoms with van der Waals surface area (Å²) in [5, 5.41) is 12.7. The topological polar surface area (TPSA) is 87.6 Å². The monoisotopic (exact) mass is 257 g/mol. The van der Waals surface area contributed by atoms with Gasteiger partial charge in [0.25, 0.3) is 0 Å². The molecule has 0 aliphatic carbocycles. The van der Waals surface area contributed by atoms with Gasteiger partial charge >= 0.3 is 0 Å². The predicted molar refractivity (Wildman–Crippen MR) is 72.7 cm³/mol. The number of thioether (sulfide) groups is 1. The Morgan fingerprint density at radius 1 is 1.33 bits per heavy atom. The van der Waals surface area contributed by atoms with E-state index in [1.807, 2.05) is 24.5 Å². The third kappa shape index (κ3) is 2.70. The number of aromatic nitrogens is 2. The van der Waals surface area contributed by atoms with Crippen molar-refractivity contribution in [3.63, 3.8) is 0 Å². The number of nitriles is 1. The maximum atomic E-state index is 9.00. The van der Waals surface area contributed by atoms with Crippen LogP contribution < -0.4 is 11.1 Å². The zero-order valence-electron chi connectivity index (χ0n) is 9.71. The second-order valence-corrected chi connectivity index (χ2v) is 4.22. The van der Waals surface area contributed by atoms with Crippen molar-refractivity contribution in [2.24, 2.45) is 0 Å². The van der Waals surface area contributed by atoms with Gasteiger partial charge in [-0.15, -0.1) is 0 Å². The largest absolute Gasteiger partial charge is 0.383 e. The molecular weight excluding hydrogens is 246 g/mol. The third-order valence-corrected chi connectivity index (χ3v) is 2.77. The van der Waals surface area contributed by atoms with Gasteiger partial charge in [-0.05, 0) is 18.4 Å². The Kier molecular flexibility index (Phi) is 3.65. The summed E-state index contributed by atoms with van der Waals surface area (Å²) in [5.74, 6) is 0.973. The molecule has 1 heterocycles. The van der Waals surface area contributed by atoms with Gasteiger partial charge in [-0.3, -0.25) is 0 Å². The van der Waals surface area contributed by atoms with Crippen LogP contribution in [0.15, 0.2) is 35.5 Å². The molecule has 18 heavy (non-hydrogen) atoms. The average Bonchev–Trinajstić information content (AvgIpc) is 2.38. The minimum absolute atomic E-state index is 0.395. The normalized spacial score (nSPS) is 9.78. The molecule has 1 aromatic heterocycles. The maximum absolute atomic E-state index is 9.00. The van der Waals surface area contributed by atoms with E-state index < -0.39 is 0 Å². The lowest BCUT2D eigenvalue weighted by Crippen LogP contribution is -2.01. The molecule has 0 aliphatic heterocycles. The summed E-state index contributed by atoms with van der Waals surface area (Å²) in [6, 6.07) is 11.0. The zero-order valence-corrected chi connectivity index (χ0v) is 10.5. The number of para-hydroxylation sites is 1. The summed E-state index contributed by atoms with van der Waals surface area (Å²) in [7, 11) is 0. The van der Waals surface area contributed by atoms with Crippen LogP contribution >= 0.6 is 11.8 Å². The van der Waals surface area contributed by atoms with E-state index in [1.54, 1.807) is 12.1 Å². The summed E-state index contributed by atoms with van der Waals surface area (Å²) < 4.78 is 0. The first-order valence-electron chi connectivity index (χ1n) is 5.17. The summed E-state index contributed by atoms with van der Waals surface area (Å²) in [6.07, 6.45) is 1.88. The first-order chi connectivity index (χ1) is 8.72. The second-order valence-electron chi connectivity index (χ2n) is 3.45. The van der Waals surface area contributed by atoms with Crippen molar-refractivity contribution >= 4 is 29.1 Å². The van der Waals surface area contributed by atoms with Crippen LogP contribution in [0.25, 0.3) is 0 Å². The maximum Gasteiger partial charge on any atom is 0.191 e. The van der Waals surface area contributed by atoms with Gasteiger partial charge < -0.3 is 11.1 Å². The Bertz CT molecular complexity index is 606. The highest BCUT2D eigenvalue weighted by Gasteiger charge is 2.05. The summed E-state index contributed by atoms with van der Waals surface area (Å²) in [4.78, 5) is 8.34. The fourth-order valence-corrected chi connectivity index (χ4v) is 1.81. The second kappa shape index (κ2) is 5.38. The molecular formula is C12H11N5S. The van der Waals surface area contributed by atoms with Crippen LogP contribution in [0.1, 0.15) is 5.56 Å². The first kappa shape index (κ1) is 12.2. The van der Waals surface area contributed by atoms with Gasteiger partial charge in [-0.2, -0.15) is 5.26 Å². The van der Waals surface area contributed by atoms with Crippen molar-refractivity contribution < 1.29 is 0 Å². The van der Waals surface area contributed by atoms with E-state index in [-0.39, 0.29) is 0 Å². The SMILES string of the molecule is CSc1nc(N)cc(Nc2ccccc2C#N)n1. The first-order valence-corrected chi connectivity index (χ1v) is 6.40. The van der Waals surface area contributed by atoms with Gasteiger partial charge in [0.05, 0.1) is 11.3 Å². The number of hydrogen-bond donors (Lipinski definition) is 2. The molecule has 6 heteroatoms. The summed E-state index contributed by atoms with van der Waals surface area (Å²) in [6.45, 7) is 0. The highest BCUT2D eigenvalue weighted by Crippen LogP contribution is 2.21. The van der Waals surface area contributed by atoms with Crippen LogP contribution in [0.2, 0.25) is 0 Å². The van der Waals surface area contributed by atoms with Gasteiger partial charge in [-0.1, -0.05) is 23.9 Å². The predicted octanol–water partition coefficient (Wildman–Crippen LogP) is 2.40. The number of anilines is 3. The Morgan fingerprint density at radius 2 is 2.11 bits per heavy atom. The van der Waals surface area contributed by atoms with Crippen LogP contribution in [0, 0.1) is 11.3 Å². The lowest BCUT2D eigenvalue weighted by Gasteiger charge is -2.08. The molecule has 2 rings (SSSR count). The van der Waals surface area contributed by atoms with Crippen LogP contribution in [0.3, 0.4) is 0 Å². The summed E-state index contributed by atoms with van der Waals surface area (Å²) in [5.41, 5.74) is 6.94. The van der Waals surface area contributed by atoms with Gasteiger partial charge in [0.2, 0.25) is 0 Å². The molecule has 0 aliphatic rings. The molecule has 0 atom stereocenters. The zero-order chi connectivity index (χ0) is 13.0. The smallest absolute Gasteiger partial charge is 0.191 e. The number of nitrogen functional groups attached to an aromatic ring is 1. The van der Waals surface area contributed by atoms with Gasteiger partial charge in [-0.25, -0.2) is 9.97 Å². The standard InChI is InChI=1S/C12H11N5S/c1-18-12-16-10(14)6-11(17-12)15-9-5-3-2-4-8(9)7-13/h2-6H,1H3,(H3,14,15,16,17). The molecule has 0 unspecified atom stereocenters. The van der Waals surface area contributed by atoms with Crippen LogP contribution in [-0.2, 0) is 0 Å². The lowest BCUT2D eigenvalue weighted by atomic mass is 10.2. The molecule has 0 bridgehead atoms. The molecule has 90 valence electrons. The Hall–Kier alpha value is -2.26. The van der Waals surface area contributed by atoms with Gasteiger partial charge in [0.15, 0.2) is 5.16 Å². The van der Waals surface area contributed by atoms with Crippen LogP contribution in [-0.4, -0.2) is 16.2 Å². The van der Waals surface area contributed by atoms with Crippen molar-refractivity contribution in [1.82, 2.24) is 9.97 Å². The fourth-order valence-electron chi connectivity index (χ4n) is 1.43. The van der Waals surface area contributed by atoms with Crippen molar-refractivity contribution in [1.29, 1.82) is 5.26 Å². The number of rotatable bonds is 3. The highest BCUT2D eigenvalue weighted by molar-refractivity contribution is 7.98. The van der Waals surface area contributed by atoms with E-state index in [0.717, 1.165) is 0 Å². The minimum atomic E-state index is 0.395. The molecule has 0 radical (unpaired) electrons. The van der Waals surface area contributed by atoms with E-state index in [1.165, 1.54) is 11.8 Å². The molecule has 3 N–H and O–H groups in total. The lowest BCUT2D eigenvalue weighted by molar-refractivity contribution is 0.984. The molecule has 0 saturated heterocycles. The van der Waals surface area contributed by atoms with E-state index in [2.05, 4.69) is 21.4 Å². The quantitative estimate of drug-likeness (QED) is 0.648. The van der Waals surface area contributed by atoms with E-state index in [0.29, 0.717) is 28.0 Å². The van der Waals surface area contributed by atoms with Crippen molar-refractivity contribution in [2.45, 2.75) is 5.16 Å². The number of hydrogen-bond acceptors (Lipinski definition) is 6. The van der Waals surface area contributed by atoms with Crippen molar-refractivity contribution in [3.8, 4) is 6.07 Å². The third-order valence-electron chi connectivity index (χ3n) is 2.22. The number of nitrogens with one attached hydrogen (secondary N) is 1. The molecule has 0 spiro atoms. The van der Waals surface area contributed by atoms with Crippen LogP contribution in [0.4, 0.5) is 17.3 Å². The number of nitrogens with zero attached hydrogens (tertiary/aromatic N) is 3. The highest BCUT2D eigenvalue weighted by atomic mass is 32.2. The van der Waals surface area contributed by atoms with Crippen LogP contribution in [0.5, 0.6) is 0 Å². The van der Waals surface area contributed by atoms with Gasteiger partial charge in [0.1, 0.15) is 17.7 Å². The molecule has 1 aromatic carbocycles. The van der Waals surface area contributed by atoms with E-state index in [9.17, 15) is 0 Å². The minimum Gasteiger partial charge on any atom is -0.383 e. The fraction of sp³-hybridized carbons (Fsp3) is 0.0833. The number of nitrogens with two attached hydrogens (primary N) is 1. The molecule has 5 nitrogen and oxygen atoms in total. The van der Waals surface area contributed by atoms with Gasteiger partial charge in [0, 0.05) is 6.07 Å². The van der Waals surface area contributed by atoms with Crippen molar-refractivity contribution in [3.05, 3.63) is 35.9 Å². The molecule has 0 saturated carbocycles. The average molecular weight is 257 g/mol. The molecule has 2 aromatic rings. The Balaban J connectivity index is 2.34.